The van der Waals surface area contributed by atoms with Crippen molar-refractivity contribution in [3.63, 3.8) is 0 Å². The van der Waals surface area contributed by atoms with E-state index in [9.17, 15) is 4.57 Å². The minimum atomic E-state index is -2.33. The normalized spacial score (nSPS) is 47.4. The average molecular weight is 243 g/mol. The third kappa shape index (κ3) is 1.67. The summed E-state index contributed by atoms with van der Waals surface area (Å²) in [6.45, 7) is 8.48. The van der Waals surface area contributed by atoms with Crippen LogP contribution >= 0.6 is 7.59 Å². The lowest BCUT2D eigenvalue weighted by Gasteiger charge is -2.36. The molecule has 92 valence electrons. The predicted molar refractivity (Wildman–Crippen MR) is 65.4 cm³/mol. The van der Waals surface area contributed by atoms with Crippen molar-refractivity contribution in [1.29, 1.82) is 0 Å². The molecule has 3 rings (SSSR count). The number of rotatable bonds is 3. The van der Waals surface area contributed by atoms with Crippen molar-refractivity contribution < 1.29 is 4.57 Å². The second-order valence-corrected chi connectivity index (χ2v) is 8.09. The zero-order valence-electron chi connectivity index (χ0n) is 10.3. The van der Waals surface area contributed by atoms with Gasteiger partial charge in [0, 0.05) is 38.3 Å². The van der Waals surface area contributed by atoms with Crippen LogP contribution in [-0.4, -0.2) is 52.3 Å². The Labute approximate surface area is 98.1 Å². The van der Waals surface area contributed by atoms with Crippen LogP contribution in [0.2, 0.25) is 0 Å². The molecule has 0 aromatic rings. The van der Waals surface area contributed by atoms with Crippen molar-refractivity contribution in [3.05, 3.63) is 0 Å². The Morgan fingerprint density at radius 3 is 1.75 bits per heavy atom. The molecule has 2 unspecified atom stereocenters. The lowest BCUT2D eigenvalue weighted by atomic mass is 10.2. The van der Waals surface area contributed by atoms with E-state index in [2.05, 4.69) is 27.9 Å². The van der Waals surface area contributed by atoms with E-state index in [0.717, 1.165) is 26.2 Å². The average Bonchev–Trinajstić information content (AvgIpc) is 3.18. The summed E-state index contributed by atoms with van der Waals surface area (Å²) >= 11 is 0. The van der Waals surface area contributed by atoms with E-state index in [4.69, 9.17) is 0 Å². The standard InChI is InChI=1S/C11H22N3OP/c1-10-8-13(10)16(15,14-9-11(14)2)12-6-4-3-5-7-12/h10-11H,3-9H2,1-2H3/t10-,11-,13?,14?,16?/m1/s1. The summed E-state index contributed by atoms with van der Waals surface area (Å²) in [6, 6.07) is 1.06. The van der Waals surface area contributed by atoms with E-state index in [1.54, 1.807) is 0 Å². The largest absolute Gasteiger partial charge is 0.287 e. The van der Waals surface area contributed by atoms with Gasteiger partial charge in [0.05, 0.1) is 0 Å². The van der Waals surface area contributed by atoms with Crippen LogP contribution in [0.15, 0.2) is 0 Å². The van der Waals surface area contributed by atoms with Gasteiger partial charge in [-0.3, -0.25) is 4.57 Å². The Hall–Kier alpha value is 0.110. The molecule has 5 heteroatoms. The van der Waals surface area contributed by atoms with Crippen molar-refractivity contribution in [1.82, 2.24) is 14.0 Å². The fraction of sp³-hybridized carbons (Fsp3) is 1.00. The summed E-state index contributed by atoms with van der Waals surface area (Å²) in [5.74, 6) is 0. The minimum Gasteiger partial charge on any atom is -0.270 e. The molecule has 0 spiro atoms. The van der Waals surface area contributed by atoms with Crippen LogP contribution < -0.4 is 0 Å². The Morgan fingerprint density at radius 1 is 0.938 bits per heavy atom. The number of hydrogen-bond acceptors (Lipinski definition) is 1. The van der Waals surface area contributed by atoms with E-state index in [-0.39, 0.29) is 0 Å². The molecule has 0 aromatic heterocycles. The fourth-order valence-corrected chi connectivity index (χ4v) is 6.46. The number of piperidine rings is 1. The predicted octanol–water partition coefficient (Wildman–Crippen LogP) is 1.99. The van der Waals surface area contributed by atoms with E-state index in [0.29, 0.717) is 12.1 Å². The zero-order valence-corrected chi connectivity index (χ0v) is 11.2. The molecular weight excluding hydrogens is 221 g/mol. The van der Waals surface area contributed by atoms with Gasteiger partial charge in [-0.2, -0.15) is 0 Å². The molecule has 0 saturated carbocycles. The first kappa shape index (κ1) is 11.2. The van der Waals surface area contributed by atoms with Gasteiger partial charge in [-0.05, 0) is 26.7 Å². The molecule has 3 aliphatic rings. The molecule has 4 nitrogen and oxygen atoms in total. The Morgan fingerprint density at radius 2 is 1.38 bits per heavy atom. The molecule has 16 heavy (non-hydrogen) atoms. The third-order valence-corrected chi connectivity index (χ3v) is 7.61. The van der Waals surface area contributed by atoms with Crippen molar-refractivity contribution in [2.75, 3.05) is 26.2 Å². The molecular formula is C11H22N3OP. The van der Waals surface area contributed by atoms with Crippen molar-refractivity contribution >= 4 is 7.59 Å². The van der Waals surface area contributed by atoms with Crippen molar-refractivity contribution in [2.24, 2.45) is 0 Å². The topological polar surface area (TPSA) is 26.3 Å². The smallest absolute Gasteiger partial charge is 0.270 e. The summed E-state index contributed by atoms with van der Waals surface area (Å²) in [7, 11) is -2.33. The van der Waals surface area contributed by atoms with Crippen LogP contribution in [0.25, 0.3) is 0 Å². The lowest BCUT2D eigenvalue weighted by molar-refractivity contribution is 0.311. The van der Waals surface area contributed by atoms with Crippen LogP contribution in [-0.2, 0) is 4.57 Å². The molecule has 0 aromatic carbocycles. The van der Waals surface area contributed by atoms with Crippen LogP contribution in [0.5, 0.6) is 0 Å². The Bertz CT molecular complexity index is 309. The maximum atomic E-state index is 13.3. The molecule has 0 amide bonds. The second kappa shape index (κ2) is 3.81. The first-order valence-electron chi connectivity index (χ1n) is 6.54. The molecule has 3 aliphatic heterocycles. The molecule has 0 aliphatic carbocycles. The SMILES string of the molecule is C[C@@H]1CN1P(=O)(N1CCCCC1)N1C[C@H]1C. The quantitative estimate of drug-likeness (QED) is 0.559. The molecule has 0 bridgehead atoms. The van der Waals surface area contributed by atoms with Gasteiger partial charge in [-0.15, -0.1) is 0 Å². The summed E-state index contributed by atoms with van der Waals surface area (Å²) in [5.41, 5.74) is 0. The van der Waals surface area contributed by atoms with Crippen molar-refractivity contribution in [3.8, 4) is 0 Å². The zero-order chi connectivity index (χ0) is 11.3. The van der Waals surface area contributed by atoms with Crippen LogP contribution in [0.3, 0.4) is 0 Å². The van der Waals surface area contributed by atoms with Crippen molar-refractivity contribution in [2.45, 2.75) is 45.2 Å². The summed E-state index contributed by atoms with van der Waals surface area (Å²) in [4.78, 5) is 0. The van der Waals surface area contributed by atoms with Crippen LogP contribution in [0.4, 0.5) is 0 Å². The molecule has 0 radical (unpaired) electrons. The highest BCUT2D eigenvalue weighted by Crippen LogP contribution is 2.66. The van der Waals surface area contributed by atoms with Gasteiger partial charge in [0.25, 0.3) is 7.59 Å². The van der Waals surface area contributed by atoms with Gasteiger partial charge in [0.15, 0.2) is 0 Å². The molecule has 3 saturated heterocycles. The van der Waals surface area contributed by atoms with Gasteiger partial charge in [-0.1, -0.05) is 6.42 Å². The summed E-state index contributed by atoms with van der Waals surface area (Å²) in [5, 5.41) is 0. The lowest BCUT2D eigenvalue weighted by Crippen LogP contribution is -2.33. The molecule has 4 atom stereocenters. The summed E-state index contributed by atoms with van der Waals surface area (Å²) < 4.78 is 20.0. The van der Waals surface area contributed by atoms with E-state index < -0.39 is 7.59 Å². The monoisotopic (exact) mass is 243 g/mol. The van der Waals surface area contributed by atoms with E-state index in [1.807, 2.05) is 0 Å². The first-order chi connectivity index (χ1) is 7.64. The Balaban J connectivity index is 1.81. The Kier molecular flexibility index (Phi) is 2.67. The highest BCUT2D eigenvalue weighted by atomic mass is 31.2. The molecule has 3 fully saturated rings. The number of nitrogens with zero attached hydrogens (tertiary/aromatic N) is 3. The highest BCUT2D eigenvalue weighted by molar-refractivity contribution is 7.57. The molecule has 3 heterocycles. The fourth-order valence-electron chi connectivity index (χ4n) is 2.78. The van der Waals surface area contributed by atoms with Crippen LogP contribution in [0.1, 0.15) is 33.1 Å². The third-order valence-electron chi connectivity index (χ3n) is 4.02. The molecule has 0 N–H and O–H groups in total. The maximum Gasteiger partial charge on any atom is 0.287 e. The van der Waals surface area contributed by atoms with Gasteiger partial charge >= 0.3 is 0 Å². The van der Waals surface area contributed by atoms with Gasteiger partial charge in [0.1, 0.15) is 0 Å². The van der Waals surface area contributed by atoms with Gasteiger partial charge in [-0.25, -0.2) is 14.0 Å². The van der Waals surface area contributed by atoms with Gasteiger partial charge < -0.3 is 0 Å². The summed E-state index contributed by atoms with van der Waals surface area (Å²) in [6.07, 6.45) is 3.74. The minimum absolute atomic E-state index is 0.528. The number of hydrogen-bond donors (Lipinski definition) is 0. The van der Waals surface area contributed by atoms with Crippen LogP contribution in [0, 0.1) is 0 Å². The van der Waals surface area contributed by atoms with E-state index >= 15 is 0 Å². The van der Waals surface area contributed by atoms with Gasteiger partial charge in [0.2, 0.25) is 0 Å². The second-order valence-electron chi connectivity index (χ2n) is 5.47. The maximum absolute atomic E-state index is 13.3. The first-order valence-corrected chi connectivity index (χ1v) is 8.10. The highest BCUT2D eigenvalue weighted by Gasteiger charge is 2.57. The van der Waals surface area contributed by atoms with E-state index in [1.165, 1.54) is 19.3 Å².